The van der Waals surface area contributed by atoms with Crippen molar-refractivity contribution in [2.75, 3.05) is 19.0 Å². The predicted molar refractivity (Wildman–Crippen MR) is 67.1 cm³/mol. The average molecular weight is 204 g/mol. The topological polar surface area (TPSA) is 29.3 Å². The van der Waals surface area contributed by atoms with E-state index in [-0.39, 0.29) is 6.04 Å². The van der Waals surface area contributed by atoms with E-state index in [1.54, 1.807) is 0 Å². The first-order chi connectivity index (χ1) is 7.00. The molecule has 15 heavy (non-hydrogen) atoms. The molecule has 2 N–H and O–H groups in total. The third-order valence-corrected chi connectivity index (χ3v) is 2.31. The van der Waals surface area contributed by atoms with Crippen molar-refractivity contribution in [3.05, 3.63) is 41.5 Å². The van der Waals surface area contributed by atoms with Gasteiger partial charge in [-0.3, -0.25) is 0 Å². The number of benzene rings is 1. The van der Waals surface area contributed by atoms with Crippen LogP contribution in [0.25, 0.3) is 0 Å². The molecule has 0 aliphatic heterocycles. The van der Waals surface area contributed by atoms with Gasteiger partial charge in [0.25, 0.3) is 0 Å². The van der Waals surface area contributed by atoms with Crippen molar-refractivity contribution in [3.63, 3.8) is 0 Å². The van der Waals surface area contributed by atoms with Crippen molar-refractivity contribution in [2.45, 2.75) is 19.9 Å². The summed E-state index contributed by atoms with van der Waals surface area (Å²) < 4.78 is 0. The van der Waals surface area contributed by atoms with Crippen LogP contribution in [0.15, 0.2) is 35.9 Å². The van der Waals surface area contributed by atoms with Gasteiger partial charge in [0.1, 0.15) is 0 Å². The molecule has 0 aliphatic carbocycles. The van der Waals surface area contributed by atoms with E-state index in [2.05, 4.69) is 49.1 Å². The number of nitrogens with zero attached hydrogens (tertiary/aromatic N) is 1. The van der Waals surface area contributed by atoms with Gasteiger partial charge in [-0.05, 0) is 31.5 Å². The quantitative estimate of drug-likeness (QED) is 0.767. The van der Waals surface area contributed by atoms with Crippen molar-refractivity contribution < 1.29 is 0 Å². The van der Waals surface area contributed by atoms with E-state index < -0.39 is 0 Å². The van der Waals surface area contributed by atoms with Crippen LogP contribution in [-0.4, -0.2) is 14.1 Å². The SMILES string of the molecule is CC(C)=CC(N)c1ccc(N(C)C)cc1. The van der Waals surface area contributed by atoms with Gasteiger partial charge in [-0.25, -0.2) is 0 Å². The molecular formula is C13H20N2. The van der Waals surface area contributed by atoms with Crippen LogP contribution >= 0.6 is 0 Å². The minimum atomic E-state index is 0.00575. The third kappa shape index (κ3) is 3.40. The number of rotatable bonds is 3. The van der Waals surface area contributed by atoms with E-state index in [1.165, 1.54) is 11.3 Å². The molecule has 1 rings (SSSR count). The molecule has 1 unspecified atom stereocenters. The fraction of sp³-hybridized carbons (Fsp3) is 0.385. The van der Waals surface area contributed by atoms with Crippen molar-refractivity contribution in [1.29, 1.82) is 0 Å². The molecule has 0 bridgehead atoms. The second-order valence-electron chi connectivity index (χ2n) is 4.26. The van der Waals surface area contributed by atoms with Gasteiger partial charge in [0.15, 0.2) is 0 Å². The molecule has 1 aromatic rings. The highest BCUT2D eigenvalue weighted by molar-refractivity contribution is 5.46. The van der Waals surface area contributed by atoms with E-state index in [1.807, 2.05) is 14.1 Å². The van der Waals surface area contributed by atoms with Crippen LogP contribution in [0.2, 0.25) is 0 Å². The molecule has 82 valence electrons. The van der Waals surface area contributed by atoms with Crippen LogP contribution < -0.4 is 10.6 Å². The van der Waals surface area contributed by atoms with Crippen LogP contribution in [-0.2, 0) is 0 Å². The maximum Gasteiger partial charge on any atom is 0.0483 e. The zero-order valence-corrected chi connectivity index (χ0v) is 9.99. The Kier molecular flexibility index (Phi) is 3.92. The van der Waals surface area contributed by atoms with Gasteiger partial charge in [-0.15, -0.1) is 0 Å². The van der Waals surface area contributed by atoms with Crippen LogP contribution in [0.3, 0.4) is 0 Å². The smallest absolute Gasteiger partial charge is 0.0483 e. The molecule has 0 radical (unpaired) electrons. The standard InChI is InChI=1S/C13H20N2/c1-10(2)9-13(14)11-5-7-12(8-6-11)15(3)4/h5-9,13H,14H2,1-4H3. The lowest BCUT2D eigenvalue weighted by Crippen LogP contribution is -2.10. The van der Waals surface area contributed by atoms with Gasteiger partial charge >= 0.3 is 0 Å². The first-order valence-corrected chi connectivity index (χ1v) is 5.18. The Morgan fingerprint density at radius 3 is 2.13 bits per heavy atom. The summed E-state index contributed by atoms with van der Waals surface area (Å²) >= 11 is 0. The van der Waals surface area contributed by atoms with E-state index in [0.29, 0.717) is 0 Å². The minimum absolute atomic E-state index is 0.00575. The number of hydrogen-bond acceptors (Lipinski definition) is 2. The summed E-state index contributed by atoms with van der Waals surface area (Å²) in [6, 6.07) is 8.35. The highest BCUT2D eigenvalue weighted by atomic mass is 15.1. The molecule has 0 saturated heterocycles. The van der Waals surface area contributed by atoms with Gasteiger partial charge in [0, 0.05) is 25.8 Å². The van der Waals surface area contributed by atoms with Crippen LogP contribution in [0.5, 0.6) is 0 Å². The van der Waals surface area contributed by atoms with Crippen molar-refractivity contribution in [2.24, 2.45) is 5.73 Å². The van der Waals surface area contributed by atoms with Crippen molar-refractivity contribution in [1.82, 2.24) is 0 Å². The Bertz CT molecular complexity index is 332. The second-order valence-corrected chi connectivity index (χ2v) is 4.26. The molecule has 0 heterocycles. The normalized spacial score (nSPS) is 12.1. The molecule has 0 spiro atoms. The average Bonchev–Trinajstić information content (AvgIpc) is 2.17. The van der Waals surface area contributed by atoms with E-state index in [0.717, 1.165) is 5.56 Å². The monoisotopic (exact) mass is 204 g/mol. The van der Waals surface area contributed by atoms with E-state index in [4.69, 9.17) is 5.73 Å². The number of nitrogens with two attached hydrogens (primary N) is 1. The van der Waals surface area contributed by atoms with Gasteiger partial charge in [0.2, 0.25) is 0 Å². The highest BCUT2D eigenvalue weighted by Gasteiger charge is 2.02. The van der Waals surface area contributed by atoms with Gasteiger partial charge in [-0.1, -0.05) is 23.8 Å². The molecule has 1 atom stereocenters. The first-order valence-electron chi connectivity index (χ1n) is 5.18. The van der Waals surface area contributed by atoms with Gasteiger partial charge in [0.05, 0.1) is 0 Å². The first kappa shape index (κ1) is 11.8. The summed E-state index contributed by atoms with van der Waals surface area (Å²) in [5, 5.41) is 0. The van der Waals surface area contributed by atoms with Crippen LogP contribution in [0.1, 0.15) is 25.5 Å². The van der Waals surface area contributed by atoms with Crippen LogP contribution in [0.4, 0.5) is 5.69 Å². The zero-order valence-electron chi connectivity index (χ0n) is 9.99. The summed E-state index contributed by atoms with van der Waals surface area (Å²) in [4.78, 5) is 2.08. The molecule has 0 fully saturated rings. The van der Waals surface area contributed by atoms with E-state index in [9.17, 15) is 0 Å². The fourth-order valence-corrected chi connectivity index (χ4v) is 1.45. The molecule has 0 saturated carbocycles. The Morgan fingerprint density at radius 2 is 1.73 bits per heavy atom. The molecule has 0 aromatic heterocycles. The highest BCUT2D eigenvalue weighted by Crippen LogP contribution is 2.18. The van der Waals surface area contributed by atoms with Crippen molar-refractivity contribution >= 4 is 5.69 Å². The number of anilines is 1. The van der Waals surface area contributed by atoms with Gasteiger partial charge < -0.3 is 10.6 Å². The third-order valence-electron chi connectivity index (χ3n) is 2.31. The lowest BCUT2D eigenvalue weighted by Gasteiger charge is -2.14. The second kappa shape index (κ2) is 4.99. The summed E-state index contributed by atoms with van der Waals surface area (Å²) in [5.74, 6) is 0. The summed E-state index contributed by atoms with van der Waals surface area (Å²) in [6.07, 6.45) is 2.07. The molecule has 2 heteroatoms. The maximum atomic E-state index is 6.03. The Morgan fingerprint density at radius 1 is 1.20 bits per heavy atom. The Hall–Kier alpha value is -1.28. The zero-order chi connectivity index (χ0) is 11.4. The number of allylic oxidation sites excluding steroid dienone is 1. The maximum absolute atomic E-state index is 6.03. The molecule has 1 aromatic carbocycles. The Labute approximate surface area is 92.4 Å². The number of hydrogen-bond donors (Lipinski definition) is 1. The molecule has 2 nitrogen and oxygen atoms in total. The molecular weight excluding hydrogens is 184 g/mol. The molecule has 0 aliphatic rings. The van der Waals surface area contributed by atoms with E-state index >= 15 is 0 Å². The summed E-state index contributed by atoms with van der Waals surface area (Å²) in [7, 11) is 4.07. The lowest BCUT2D eigenvalue weighted by atomic mass is 10.1. The molecule has 0 amide bonds. The summed E-state index contributed by atoms with van der Waals surface area (Å²) in [5.41, 5.74) is 9.63. The van der Waals surface area contributed by atoms with Crippen LogP contribution in [0, 0.1) is 0 Å². The minimum Gasteiger partial charge on any atom is -0.378 e. The predicted octanol–water partition coefficient (Wildman–Crippen LogP) is 2.72. The summed E-state index contributed by atoms with van der Waals surface area (Å²) in [6.45, 7) is 4.13. The lowest BCUT2D eigenvalue weighted by molar-refractivity contribution is 0.898. The fourth-order valence-electron chi connectivity index (χ4n) is 1.45. The van der Waals surface area contributed by atoms with Gasteiger partial charge in [-0.2, -0.15) is 0 Å². The Balaban J connectivity index is 2.84. The van der Waals surface area contributed by atoms with Crippen molar-refractivity contribution in [3.8, 4) is 0 Å². The largest absolute Gasteiger partial charge is 0.378 e.